The molecule has 2 N–H and O–H groups in total. The zero-order chi connectivity index (χ0) is 16.5. The minimum absolute atomic E-state index is 0.0282. The summed E-state index contributed by atoms with van der Waals surface area (Å²) in [6, 6.07) is 1.69. The van der Waals surface area contributed by atoms with Crippen molar-refractivity contribution in [1.29, 1.82) is 0 Å². The minimum atomic E-state index is -1.28. The number of aromatic nitrogens is 2. The molecule has 0 bridgehead atoms. The molecule has 0 aromatic carbocycles. The summed E-state index contributed by atoms with van der Waals surface area (Å²) in [6.07, 6.45) is 0.324. The van der Waals surface area contributed by atoms with Gasteiger partial charge in [-0.15, -0.1) is 0 Å². The molecule has 1 aliphatic heterocycles. The number of carbonyl (C=O) groups is 2. The molecule has 2 rings (SSSR count). The Kier molecular flexibility index (Phi) is 4.55. The third-order valence-electron chi connectivity index (χ3n) is 4.41. The van der Waals surface area contributed by atoms with E-state index in [2.05, 4.69) is 5.10 Å². The lowest BCUT2D eigenvalue weighted by atomic mass is 9.74. The number of aryl methyl sites for hydroxylation is 2. The first-order chi connectivity index (χ1) is 10.3. The minimum Gasteiger partial charge on any atom is -0.481 e. The van der Waals surface area contributed by atoms with Gasteiger partial charge in [0.2, 0.25) is 0 Å². The first-order valence-corrected chi connectivity index (χ1v) is 7.53. The summed E-state index contributed by atoms with van der Waals surface area (Å²) < 4.78 is 1.50. The third-order valence-corrected chi connectivity index (χ3v) is 4.41. The van der Waals surface area contributed by atoms with Gasteiger partial charge >= 0.3 is 5.97 Å². The number of amides is 1. The van der Waals surface area contributed by atoms with Gasteiger partial charge in [0.1, 0.15) is 11.1 Å². The van der Waals surface area contributed by atoms with Crippen LogP contribution in [0.15, 0.2) is 6.07 Å². The predicted octanol–water partition coefficient (Wildman–Crippen LogP) is 0.806. The quantitative estimate of drug-likeness (QED) is 0.858. The topological polar surface area (TPSA) is 95.7 Å². The smallest absolute Gasteiger partial charge is 0.314 e. The van der Waals surface area contributed by atoms with Gasteiger partial charge in [0.15, 0.2) is 0 Å². The van der Waals surface area contributed by atoms with Gasteiger partial charge in [0.05, 0.1) is 11.8 Å². The molecule has 2 atom stereocenters. The molecule has 22 heavy (non-hydrogen) atoms. The molecular weight excluding hydrogens is 286 g/mol. The number of aliphatic hydroxyl groups excluding tert-OH is 1. The van der Waals surface area contributed by atoms with Gasteiger partial charge < -0.3 is 15.1 Å². The van der Waals surface area contributed by atoms with E-state index >= 15 is 0 Å². The Balaban J connectivity index is 2.28. The van der Waals surface area contributed by atoms with Crippen LogP contribution >= 0.6 is 0 Å². The summed E-state index contributed by atoms with van der Waals surface area (Å²) in [5, 5.41) is 24.0. The number of carboxylic acids is 1. The van der Waals surface area contributed by atoms with Crippen molar-refractivity contribution in [2.24, 2.45) is 12.5 Å². The molecular formula is C15H23N3O4. The summed E-state index contributed by atoms with van der Waals surface area (Å²) in [5.41, 5.74) is -0.110. The molecule has 0 radical (unpaired) electrons. The first-order valence-electron chi connectivity index (χ1n) is 7.53. The molecule has 0 aliphatic carbocycles. The van der Waals surface area contributed by atoms with Crippen LogP contribution in [0.4, 0.5) is 0 Å². The van der Waals surface area contributed by atoms with Crippen molar-refractivity contribution in [1.82, 2.24) is 14.7 Å². The maximum atomic E-state index is 12.6. The van der Waals surface area contributed by atoms with Crippen molar-refractivity contribution in [3.63, 3.8) is 0 Å². The first kappa shape index (κ1) is 16.5. The maximum Gasteiger partial charge on any atom is 0.314 e. The van der Waals surface area contributed by atoms with Crippen LogP contribution in [0.3, 0.4) is 0 Å². The van der Waals surface area contributed by atoms with Crippen LogP contribution in [0, 0.1) is 12.3 Å². The molecule has 2 heterocycles. The highest BCUT2D eigenvalue weighted by Crippen LogP contribution is 2.36. The predicted molar refractivity (Wildman–Crippen MR) is 79.4 cm³/mol. The highest BCUT2D eigenvalue weighted by Gasteiger charge is 2.49. The van der Waals surface area contributed by atoms with Crippen molar-refractivity contribution in [3.8, 4) is 0 Å². The highest BCUT2D eigenvalue weighted by atomic mass is 16.4. The van der Waals surface area contributed by atoms with Crippen molar-refractivity contribution < 1.29 is 19.8 Å². The number of aliphatic hydroxyl groups is 1. The SMILES string of the molecule is CCC[C@@]1(C(=O)O)CN(C(=O)c2cc(C)nn2C)CC[C@@H]1O. The van der Waals surface area contributed by atoms with E-state index in [0.717, 1.165) is 5.69 Å². The van der Waals surface area contributed by atoms with E-state index in [1.165, 1.54) is 9.58 Å². The Morgan fingerprint density at radius 2 is 2.18 bits per heavy atom. The van der Waals surface area contributed by atoms with Crippen LogP contribution in [0.5, 0.6) is 0 Å². The monoisotopic (exact) mass is 309 g/mol. The lowest BCUT2D eigenvalue weighted by Crippen LogP contribution is -2.57. The normalized spacial score (nSPS) is 25.3. The second-order valence-corrected chi connectivity index (χ2v) is 6.04. The summed E-state index contributed by atoms with van der Waals surface area (Å²) in [5.74, 6) is -1.28. The van der Waals surface area contributed by atoms with Crippen LogP contribution in [-0.2, 0) is 11.8 Å². The molecule has 7 heteroatoms. The van der Waals surface area contributed by atoms with Crippen LogP contribution in [0.25, 0.3) is 0 Å². The fourth-order valence-corrected chi connectivity index (χ4v) is 3.23. The number of piperidine rings is 1. The molecule has 122 valence electrons. The van der Waals surface area contributed by atoms with E-state index in [0.29, 0.717) is 25.1 Å². The Morgan fingerprint density at radius 1 is 1.50 bits per heavy atom. The van der Waals surface area contributed by atoms with Gasteiger partial charge in [-0.1, -0.05) is 13.3 Å². The Bertz CT molecular complexity index is 583. The van der Waals surface area contributed by atoms with Gasteiger partial charge in [-0.25, -0.2) is 0 Å². The standard InChI is InChI=1S/C15H23N3O4/c1-4-6-15(14(21)22)9-18(7-5-12(15)19)13(20)11-8-10(2)16-17(11)3/h8,12,19H,4-7,9H2,1-3H3,(H,21,22)/t12-,15+/m0/s1. The number of hydrogen-bond donors (Lipinski definition) is 2. The molecule has 0 saturated carbocycles. The number of nitrogens with zero attached hydrogens (tertiary/aromatic N) is 3. The van der Waals surface area contributed by atoms with E-state index in [1.807, 2.05) is 6.92 Å². The maximum absolute atomic E-state index is 12.6. The largest absolute Gasteiger partial charge is 0.481 e. The summed E-state index contributed by atoms with van der Waals surface area (Å²) >= 11 is 0. The summed E-state index contributed by atoms with van der Waals surface area (Å²) in [4.78, 5) is 25.9. The van der Waals surface area contributed by atoms with E-state index in [-0.39, 0.29) is 18.9 Å². The molecule has 7 nitrogen and oxygen atoms in total. The second-order valence-electron chi connectivity index (χ2n) is 6.04. The number of likely N-dealkylation sites (tertiary alicyclic amines) is 1. The van der Waals surface area contributed by atoms with Gasteiger partial charge in [0, 0.05) is 20.1 Å². The Labute approximate surface area is 129 Å². The van der Waals surface area contributed by atoms with Crippen LogP contribution in [-0.4, -0.2) is 56.0 Å². The number of hydrogen-bond acceptors (Lipinski definition) is 4. The number of rotatable bonds is 4. The second kappa shape index (κ2) is 6.08. The molecule has 1 saturated heterocycles. The van der Waals surface area contributed by atoms with Crippen molar-refractivity contribution in [2.75, 3.05) is 13.1 Å². The number of aliphatic carboxylic acids is 1. The lowest BCUT2D eigenvalue weighted by Gasteiger charge is -2.43. The van der Waals surface area contributed by atoms with E-state index in [1.54, 1.807) is 20.0 Å². The summed E-state index contributed by atoms with van der Waals surface area (Å²) in [7, 11) is 1.69. The number of carboxylic acid groups (broad SMARTS) is 1. The molecule has 0 unspecified atom stereocenters. The van der Waals surface area contributed by atoms with Gasteiger partial charge in [0.25, 0.3) is 5.91 Å². The fourth-order valence-electron chi connectivity index (χ4n) is 3.23. The van der Waals surface area contributed by atoms with Crippen LogP contribution in [0.1, 0.15) is 42.4 Å². The third kappa shape index (κ3) is 2.72. The van der Waals surface area contributed by atoms with Gasteiger partial charge in [-0.2, -0.15) is 5.10 Å². The molecule has 0 spiro atoms. The Morgan fingerprint density at radius 3 is 2.68 bits per heavy atom. The average molecular weight is 309 g/mol. The van der Waals surface area contributed by atoms with Crippen LogP contribution in [0.2, 0.25) is 0 Å². The van der Waals surface area contributed by atoms with Crippen LogP contribution < -0.4 is 0 Å². The van der Waals surface area contributed by atoms with Gasteiger partial charge in [-0.3, -0.25) is 14.3 Å². The zero-order valence-electron chi connectivity index (χ0n) is 13.2. The molecule has 1 amide bonds. The van der Waals surface area contributed by atoms with Crippen molar-refractivity contribution in [2.45, 2.75) is 39.2 Å². The number of carbonyl (C=O) groups excluding carboxylic acids is 1. The van der Waals surface area contributed by atoms with E-state index in [4.69, 9.17) is 0 Å². The molecule has 1 aliphatic rings. The lowest BCUT2D eigenvalue weighted by molar-refractivity contribution is -0.162. The van der Waals surface area contributed by atoms with E-state index in [9.17, 15) is 19.8 Å². The molecule has 1 aromatic heterocycles. The van der Waals surface area contributed by atoms with E-state index < -0.39 is 17.5 Å². The Hall–Kier alpha value is -1.89. The average Bonchev–Trinajstić information content (AvgIpc) is 2.79. The van der Waals surface area contributed by atoms with Crippen molar-refractivity contribution in [3.05, 3.63) is 17.5 Å². The highest BCUT2D eigenvalue weighted by molar-refractivity contribution is 5.93. The van der Waals surface area contributed by atoms with Crippen molar-refractivity contribution >= 4 is 11.9 Å². The fraction of sp³-hybridized carbons (Fsp3) is 0.667. The zero-order valence-corrected chi connectivity index (χ0v) is 13.2. The molecule has 1 aromatic rings. The summed E-state index contributed by atoms with van der Waals surface area (Å²) in [6.45, 7) is 4.06. The molecule has 1 fully saturated rings. The van der Waals surface area contributed by atoms with Gasteiger partial charge in [-0.05, 0) is 25.8 Å².